The zero-order valence-corrected chi connectivity index (χ0v) is 16.5. The number of alkyl halides is 3. The number of rotatable bonds is 4. The second-order valence-electron chi connectivity index (χ2n) is 6.06. The maximum Gasteiger partial charge on any atom is 0.416 e. The largest absolute Gasteiger partial charge is 0.416 e. The molecule has 6 nitrogen and oxygen atoms in total. The SMILES string of the molecule is O=C(Nc1nc2ccc(NC(=O)c3cscn3)cc2s1)c1cccc(C(F)(F)F)c1. The van der Waals surface area contributed by atoms with E-state index in [0.29, 0.717) is 21.6 Å². The van der Waals surface area contributed by atoms with Crippen molar-refractivity contribution in [1.29, 1.82) is 0 Å². The van der Waals surface area contributed by atoms with E-state index in [4.69, 9.17) is 0 Å². The van der Waals surface area contributed by atoms with Gasteiger partial charge in [0.15, 0.2) is 5.13 Å². The van der Waals surface area contributed by atoms with E-state index < -0.39 is 17.6 Å². The molecule has 2 aromatic heterocycles. The van der Waals surface area contributed by atoms with Crippen molar-refractivity contribution in [3.63, 3.8) is 0 Å². The summed E-state index contributed by atoms with van der Waals surface area (Å²) in [5.41, 5.74) is 1.94. The maximum atomic E-state index is 12.8. The van der Waals surface area contributed by atoms with E-state index in [2.05, 4.69) is 20.6 Å². The number of fused-ring (bicyclic) bond motifs is 1. The number of nitrogens with zero attached hydrogens (tertiary/aromatic N) is 2. The molecule has 4 aromatic rings. The van der Waals surface area contributed by atoms with Gasteiger partial charge >= 0.3 is 6.18 Å². The van der Waals surface area contributed by atoms with Gasteiger partial charge in [-0.3, -0.25) is 14.9 Å². The highest BCUT2D eigenvalue weighted by atomic mass is 32.1. The summed E-state index contributed by atoms with van der Waals surface area (Å²) in [7, 11) is 0. The smallest absolute Gasteiger partial charge is 0.321 e. The van der Waals surface area contributed by atoms with Crippen LogP contribution in [0.15, 0.2) is 53.4 Å². The molecular formula is C19H11F3N4O2S2. The van der Waals surface area contributed by atoms with Crippen LogP contribution in [0.5, 0.6) is 0 Å². The summed E-state index contributed by atoms with van der Waals surface area (Å²) in [6.45, 7) is 0. The highest BCUT2D eigenvalue weighted by molar-refractivity contribution is 7.22. The van der Waals surface area contributed by atoms with E-state index in [1.54, 1.807) is 29.1 Å². The Bertz CT molecular complexity index is 1240. The number of benzene rings is 2. The van der Waals surface area contributed by atoms with Crippen molar-refractivity contribution >= 4 is 55.5 Å². The van der Waals surface area contributed by atoms with Crippen molar-refractivity contribution in [2.24, 2.45) is 0 Å². The van der Waals surface area contributed by atoms with E-state index in [1.807, 2.05) is 0 Å². The summed E-state index contributed by atoms with van der Waals surface area (Å²) in [6.07, 6.45) is -4.54. The Kier molecular flexibility index (Phi) is 5.22. The summed E-state index contributed by atoms with van der Waals surface area (Å²) < 4.78 is 39.2. The molecule has 2 amide bonds. The second kappa shape index (κ2) is 7.84. The molecule has 0 fully saturated rings. The van der Waals surface area contributed by atoms with Gasteiger partial charge in [-0.15, -0.1) is 11.3 Å². The molecule has 152 valence electrons. The first-order valence-corrected chi connectivity index (χ1v) is 10.1. The lowest BCUT2D eigenvalue weighted by Gasteiger charge is -2.08. The van der Waals surface area contributed by atoms with Crippen LogP contribution in [0, 0.1) is 0 Å². The topological polar surface area (TPSA) is 84.0 Å². The summed E-state index contributed by atoms with van der Waals surface area (Å²) >= 11 is 2.45. The Morgan fingerprint density at radius 1 is 1.00 bits per heavy atom. The lowest BCUT2D eigenvalue weighted by Crippen LogP contribution is -2.13. The van der Waals surface area contributed by atoms with Crippen molar-refractivity contribution in [2.75, 3.05) is 10.6 Å². The molecule has 2 heterocycles. The Morgan fingerprint density at radius 3 is 2.57 bits per heavy atom. The van der Waals surface area contributed by atoms with Crippen molar-refractivity contribution in [3.05, 3.63) is 70.2 Å². The fourth-order valence-corrected chi connectivity index (χ4v) is 4.01. The average molecular weight is 448 g/mol. The van der Waals surface area contributed by atoms with Gasteiger partial charge in [0.2, 0.25) is 0 Å². The molecule has 0 saturated heterocycles. The van der Waals surface area contributed by atoms with E-state index in [9.17, 15) is 22.8 Å². The van der Waals surface area contributed by atoms with Crippen LogP contribution in [0.1, 0.15) is 26.4 Å². The molecule has 0 atom stereocenters. The molecule has 2 N–H and O–H groups in total. The summed E-state index contributed by atoms with van der Waals surface area (Å²) in [4.78, 5) is 32.6. The zero-order valence-electron chi connectivity index (χ0n) is 14.9. The number of hydrogen-bond acceptors (Lipinski definition) is 6. The average Bonchev–Trinajstić information content (AvgIpc) is 3.36. The maximum absolute atomic E-state index is 12.8. The van der Waals surface area contributed by atoms with Crippen LogP contribution in [-0.4, -0.2) is 21.8 Å². The first kappa shape index (κ1) is 20.0. The van der Waals surface area contributed by atoms with Gasteiger partial charge in [-0.1, -0.05) is 17.4 Å². The van der Waals surface area contributed by atoms with Gasteiger partial charge in [-0.2, -0.15) is 13.2 Å². The van der Waals surface area contributed by atoms with Crippen molar-refractivity contribution in [1.82, 2.24) is 9.97 Å². The number of amides is 2. The van der Waals surface area contributed by atoms with E-state index in [0.717, 1.165) is 23.5 Å². The number of hydrogen-bond donors (Lipinski definition) is 2. The molecule has 0 bridgehead atoms. The number of nitrogens with one attached hydrogen (secondary N) is 2. The van der Waals surface area contributed by atoms with Crippen LogP contribution in [-0.2, 0) is 6.18 Å². The molecule has 11 heteroatoms. The minimum Gasteiger partial charge on any atom is -0.321 e. The predicted octanol–water partition coefficient (Wildman–Crippen LogP) is 5.28. The molecule has 0 saturated carbocycles. The Labute approximate surface area is 175 Å². The highest BCUT2D eigenvalue weighted by Crippen LogP contribution is 2.31. The third kappa shape index (κ3) is 4.31. The summed E-state index contributed by atoms with van der Waals surface area (Å²) in [5.74, 6) is -1.05. The van der Waals surface area contributed by atoms with Gasteiger partial charge in [-0.05, 0) is 36.4 Å². The molecular weight excluding hydrogens is 437 g/mol. The summed E-state index contributed by atoms with van der Waals surface area (Å²) in [6, 6.07) is 9.17. The van der Waals surface area contributed by atoms with Crippen molar-refractivity contribution in [2.45, 2.75) is 6.18 Å². The Hall–Kier alpha value is -3.31. The van der Waals surface area contributed by atoms with Gasteiger partial charge < -0.3 is 5.32 Å². The molecule has 0 spiro atoms. The molecule has 0 aliphatic heterocycles. The molecule has 2 aromatic carbocycles. The minimum atomic E-state index is -4.54. The quantitative estimate of drug-likeness (QED) is 0.445. The number of carbonyl (C=O) groups excluding carboxylic acids is 2. The standard InChI is InChI=1S/C19H11F3N4O2S2/c20-19(21,22)11-3-1-2-10(6-11)16(27)26-18-25-13-5-4-12(7-15(13)30-18)24-17(28)14-8-29-9-23-14/h1-9H,(H,24,28)(H,25,26,27). The molecule has 0 unspecified atom stereocenters. The monoisotopic (exact) mass is 448 g/mol. The van der Waals surface area contributed by atoms with E-state index in [-0.39, 0.29) is 16.6 Å². The van der Waals surface area contributed by atoms with Crippen LogP contribution in [0.25, 0.3) is 10.2 Å². The molecule has 0 radical (unpaired) electrons. The van der Waals surface area contributed by atoms with Crippen LogP contribution in [0.4, 0.5) is 24.0 Å². The van der Waals surface area contributed by atoms with Crippen LogP contribution < -0.4 is 10.6 Å². The molecule has 0 aliphatic carbocycles. The Morgan fingerprint density at radius 2 is 1.83 bits per heavy atom. The number of halogens is 3. The predicted molar refractivity (Wildman–Crippen MR) is 109 cm³/mol. The third-order valence-electron chi connectivity index (χ3n) is 3.98. The van der Waals surface area contributed by atoms with Crippen LogP contribution >= 0.6 is 22.7 Å². The number of anilines is 2. The van der Waals surface area contributed by atoms with E-state index >= 15 is 0 Å². The minimum absolute atomic E-state index is 0.125. The third-order valence-corrected chi connectivity index (χ3v) is 5.50. The molecule has 0 aliphatic rings. The second-order valence-corrected chi connectivity index (χ2v) is 7.81. The van der Waals surface area contributed by atoms with Crippen LogP contribution in [0.3, 0.4) is 0 Å². The normalized spacial score (nSPS) is 11.4. The summed E-state index contributed by atoms with van der Waals surface area (Å²) in [5, 5.41) is 7.10. The zero-order chi connectivity index (χ0) is 21.3. The fourth-order valence-electron chi connectivity index (χ4n) is 2.58. The number of thiazole rings is 2. The lowest BCUT2D eigenvalue weighted by molar-refractivity contribution is -0.137. The van der Waals surface area contributed by atoms with Gasteiger partial charge in [0.05, 0.1) is 21.3 Å². The Balaban J connectivity index is 1.51. The molecule has 4 rings (SSSR count). The van der Waals surface area contributed by atoms with Gasteiger partial charge in [0.1, 0.15) is 5.69 Å². The van der Waals surface area contributed by atoms with Gasteiger partial charge in [0.25, 0.3) is 11.8 Å². The van der Waals surface area contributed by atoms with Crippen LogP contribution in [0.2, 0.25) is 0 Å². The van der Waals surface area contributed by atoms with Crippen molar-refractivity contribution in [3.8, 4) is 0 Å². The highest BCUT2D eigenvalue weighted by Gasteiger charge is 2.31. The lowest BCUT2D eigenvalue weighted by atomic mass is 10.1. The first-order chi connectivity index (χ1) is 14.3. The van der Waals surface area contributed by atoms with Gasteiger partial charge in [0, 0.05) is 16.6 Å². The number of carbonyl (C=O) groups is 2. The van der Waals surface area contributed by atoms with E-state index in [1.165, 1.54) is 23.5 Å². The first-order valence-electron chi connectivity index (χ1n) is 8.38. The fraction of sp³-hybridized carbons (Fsp3) is 0.0526. The molecule has 30 heavy (non-hydrogen) atoms. The number of aromatic nitrogens is 2. The van der Waals surface area contributed by atoms with Crippen molar-refractivity contribution < 1.29 is 22.8 Å². The van der Waals surface area contributed by atoms with Gasteiger partial charge in [-0.25, -0.2) is 9.97 Å².